The third-order valence-corrected chi connectivity index (χ3v) is 4.02. The van der Waals surface area contributed by atoms with E-state index in [-0.39, 0.29) is 11.0 Å². The van der Waals surface area contributed by atoms with Crippen molar-refractivity contribution in [1.82, 2.24) is 5.32 Å². The number of amides is 1. The molecule has 1 aliphatic rings. The zero-order valence-corrected chi connectivity index (χ0v) is 11.7. The first-order valence-corrected chi connectivity index (χ1v) is 6.86. The highest BCUT2D eigenvalue weighted by atomic mass is 19.4. The van der Waals surface area contributed by atoms with E-state index in [1.165, 1.54) is 0 Å². The van der Waals surface area contributed by atoms with Crippen molar-refractivity contribution in [2.45, 2.75) is 38.8 Å². The molecule has 0 radical (unpaired) electrons. The first kappa shape index (κ1) is 15.8. The summed E-state index contributed by atoms with van der Waals surface area (Å²) >= 11 is 0. The van der Waals surface area contributed by atoms with Crippen LogP contribution in [0.4, 0.5) is 17.6 Å². The maximum atomic E-state index is 13.2. The first-order chi connectivity index (χ1) is 9.71. The second-order valence-electron chi connectivity index (χ2n) is 5.89. The van der Waals surface area contributed by atoms with Gasteiger partial charge in [0.15, 0.2) is 0 Å². The zero-order chi connectivity index (χ0) is 15.7. The SMILES string of the molecule is CC1(CNC(=O)c2ccc(F)c(C(F)(F)F)c2)CCCC1. The monoisotopic (exact) mass is 303 g/mol. The maximum Gasteiger partial charge on any atom is 0.419 e. The lowest BCUT2D eigenvalue weighted by Gasteiger charge is -2.23. The second-order valence-corrected chi connectivity index (χ2v) is 5.89. The van der Waals surface area contributed by atoms with Crippen molar-refractivity contribution in [3.05, 3.63) is 35.1 Å². The minimum atomic E-state index is -4.81. The molecule has 21 heavy (non-hydrogen) atoms. The molecule has 0 aromatic heterocycles. The van der Waals surface area contributed by atoms with E-state index in [1.54, 1.807) is 0 Å². The lowest BCUT2D eigenvalue weighted by atomic mass is 9.89. The van der Waals surface area contributed by atoms with Crippen molar-refractivity contribution in [2.24, 2.45) is 5.41 Å². The number of alkyl halides is 3. The highest BCUT2D eigenvalue weighted by molar-refractivity contribution is 5.94. The second kappa shape index (κ2) is 5.66. The summed E-state index contributed by atoms with van der Waals surface area (Å²) < 4.78 is 51.0. The lowest BCUT2D eigenvalue weighted by Crippen LogP contribution is -2.34. The average molecular weight is 303 g/mol. The van der Waals surface area contributed by atoms with Gasteiger partial charge in [0.25, 0.3) is 5.91 Å². The minimum absolute atomic E-state index is 0.00253. The molecule has 0 aliphatic heterocycles. The van der Waals surface area contributed by atoms with Crippen LogP contribution in [-0.2, 0) is 6.18 Å². The molecule has 1 amide bonds. The quantitative estimate of drug-likeness (QED) is 0.835. The smallest absolute Gasteiger partial charge is 0.351 e. The Hall–Kier alpha value is -1.59. The Morgan fingerprint density at radius 3 is 2.48 bits per heavy atom. The number of hydrogen-bond donors (Lipinski definition) is 1. The fraction of sp³-hybridized carbons (Fsp3) is 0.533. The van der Waals surface area contributed by atoms with E-state index in [1.807, 2.05) is 6.92 Å². The molecule has 1 saturated carbocycles. The number of nitrogens with one attached hydrogen (secondary N) is 1. The van der Waals surface area contributed by atoms with E-state index in [9.17, 15) is 22.4 Å². The summed E-state index contributed by atoms with van der Waals surface area (Å²) in [5.74, 6) is -1.98. The molecule has 1 N–H and O–H groups in total. The van der Waals surface area contributed by atoms with Crippen LogP contribution in [-0.4, -0.2) is 12.5 Å². The van der Waals surface area contributed by atoms with E-state index in [0.717, 1.165) is 31.7 Å². The summed E-state index contributed by atoms with van der Waals surface area (Å²) in [5, 5.41) is 2.65. The van der Waals surface area contributed by atoms with Gasteiger partial charge < -0.3 is 5.32 Å². The Labute approximate surface area is 120 Å². The molecule has 1 aromatic carbocycles. The number of halogens is 4. The van der Waals surface area contributed by atoms with Crippen LogP contribution in [0.25, 0.3) is 0 Å². The Bertz CT molecular complexity index is 533. The van der Waals surface area contributed by atoms with Crippen LogP contribution in [0.15, 0.2) is 18.2 Å². The van der Waals surface area contributed by atoms with Crippen LogP contribution in [0.2, 0.25) is 0 Å². The summed E-state index contributed by atoms with van der Waals surface area (Å²) in [6.07, 6.45) is -0.630. The van der Waals surface area contributed by atoms with Gasteiger partial charge in [-0.2, -0.15) is 13.2 Å². The Balaban J connectivity index is 2.09. The predicted molar refractivity (Wildman–Crippen MR) is 70.3 cm³/mol. The van der Waals surface area contributed by atoms with Gasteiger partial charge in [0.05, 0.1) is 5.56 Å². The normalized spacial score (nSPS) is 17.8. The molecule has 0 spiro atoms. The zero-order valence-electron chi connectivity index (χ0n) is 11.7. The van der Waals surface area contributed by atoms with Gasteiger partial charge in [0, 0.05) is 12.1 Å². The van der Waals surface area contributed by atoms with Crippen LogP contribution in [0.1, 0.15) is 48.5 Å². The molecular formula is C15H17F4NO. The van der Waals surface area contributed by atoms with Gasteiger partial charge in [-0.1, -0.05) is 19.8 Å². The van der Waals surface area contributed by atoms with Crippen LogP contribution >= 0.6 is 0 Å². The Morgan fingerprint density at radius 1 is 1.29 bits per heavy atom. The highest BCUT2D eigenvalue weighted by Crippen LogP contribution is 2.37. The summed E-state index contributed by atoms with van der Waals surface area (Å²) in [6.45, 7) is 2.47. The van der Waals surface area contributed by atoms with Crippen LogP contribution in [0.3, 0.4) is 0 Å². The third-order valence-electron chi connectivity index (χ3n) is 4.02. The summed E-state index contributed by atoms with van der Waals surface area (Å²) in [5.41, 5.74) is -1.59. The number of carbonyl (C=O) groups excluding carboxylic acids is 1. The van der Waals surface area contributed by atoms with Crippen molar-refractivity contribution in [3.8, 4) is 0 Å². The van der Waals surface area contributed by atoms with Gasteiger partial charge in [-0.3, -0.25) is 4.79 Å². The molecule has 0 saturated heterocycles. The topological polar surface area (TPSA) is 29.1 Å². The number of carbonyl (C=O) groups is 1. The van der Waals surface area contributed by atoms with Crippen LogP contribution in [0, 0.1) is 11.2 Å². The highest BCUT2D eigenvalue weighted by Gasteiger charge is 2.35. The molecule has 0 heterocycles. The molecule has 0 unspecified atom stereocenters. The standard InChI is InChI=1S/C15H17F4NO/c1-14(6-2-3-7-14)9-20-13(21)10-4-5-12(16)11(8-10)15(17,18)19/h4-5,8H,2-3,6-7,9H2,1H3,(H,20,21). The van der Waals surface area contributed by atoms with Gasteiger partial charge in [0.2, 0.25) is 0 Å². The molecule has 116 valence electrons. The number of benzene rings is 1. The van der Waals surface area contributed by atoms with E-state index >= 15 is 0 Å². The van der Waals surface area contributed by atoms with Crippen molar-refractivity contribution in [1.29, 1.82) is 0 Å². The van der Waals surface area contributed by atoms with Gasteiger partial charge in [-0.15, -0.1) is 0 Å². The van der Waals surface area contributed by atoms with Crippen molar-refractivity contribution in [3.63, 3.8) is 0 Å². The fourth-order valence-electron chi connectivity index (χ4n) is 2.68. The van der Waals surface area contributed by atoms with E-state index in [2.05, 4.69) is 5.32 Å². The average Bonchev–Trinajstić information content (AvgIpc) is 2.83. The molecule has 0 atom stereocenters. The maximum absolute atomic E-state index is 13.2. The molecule has 0 bridgehead atoms. The van der Waals surface area contributed by atoms with E-state index < -0.39 is 23.5 Å². The van der Waals surface area contributed by atoms with Crippen LogP contribution < -0.4 is 5.32 Å². The summed E-state index contributed by atoms with van der Waals surface area (Å²) in [7, 11) is 0. The molecule has 1 fully saturated rings. The molecule has 2 rings (SSSR count). The lowest BCUT2D eigenvalue weighted by molar-refractivity contribution is -0.140. The molecule has 1 aliphatic carbocycles. The van der Waals surface area contributed by atoms with E-state index in [4.69, 9.17) is 0 Å². The minimum Gasteiger partial charge on any atom is -0.351 e. The fourth-order valence-corrected chi connectivity index (χ4v) is 2.68. The third kappa shape index (κ3) is 3.74. The van der Waals surface area contributed by atoms with Crippen molar-refractivity contribution in [2.75, 3.05) is 6.54 Å². The molecule has 2 nitrogen and oxygen atoms in total. The van der Waals surface area contributed by atoms with E-state index in [0.29, 0.717) is 18.7 Å². The Kier molecular flexibility index (Phi) is 4.25. The number of hydrogen-bond acceptors (Lipinski definition) is 1. The molecule has 6 heteroatoms. The van der Waals surface area contributed by atoms with Crippen molar-refractivity contribution < 1.29 is 22.4 Å². The largest absolute Gasteiger partial charge is 0.419 e. The predicted octanol–water partition coefficient (Wildman–Crippen LogP) is 4.15. The van der Waals surface area contributed by atoms with Gasteiger partial charge >= 0.3 is 6.18 Å². The first-order valence-electron chi connectivity index (χ1n) is 6.86. The van der Waals surface area contributed by atoms with Gasteiger partial charge in [-0.05, 0) is 36.5 Å². The summed E-state index contributed by atoms with van der Waals surface area (Å²) in [4.78, 5) is 11.9. The van der Waals surface area contributed by atoms with Gasteiger partial charge in [0.1, 0.15) is 5.82 Å². The molecule has 1 aromatic rings. The van der Waals surface area contributed by atoms with Crippen molar-refractivity contribution >= 4 is 5.91 Å². The Morgan fingerprint density at radius 2 is 1.90 bits per heavy atom. The molecular weight excluding hydrogens is 286 g/mol. The summed E-state index contributed by atoms with van der Waals surface area (Å²) in [6, 6.07) is 2.30. The van der Waals surface area contributed by atoms with Crippen LogP contribution in [0.5, 0.6) is 0 Å². The number of rotatable bonds is 3. The van der Waals surface area contributed by atoms with Gasteiger partial charge in [-0.25, -0.2) is 4.39 Å².